The minimum Gasteiger partial charge on any atom is -0.364 e. The highest BCUT2D eigenvalue weighted by Gasteiger charge is 2.15. The standard InChI is InChI=1S/C14H11BrN6O2/c15-8-1-2-10(12(3-8)21-7-17-6-19-21)14(23)20-9-4-11(13(16)22)18-5-9/h1-7,18H,(H2,16,22)(H,20,23). The van der Waals surface area contributed by atoms with Gasteiger partial charge in [-0.1, -0.05) is 15.9 Å². The molecule has 0 spiro atoms. The lowest BCUT2D eigenvalue weighted by Gasteiger charge is -2.09. The second kappa shape index (κ2) is 6.05. The zero-order valence-corrected chi connectivity index (χ0v) is 13.2. The van der Waals surface area contributed by atoms with E-state index in [9.17, 15) is 9.59 Å². The number of amides is 2. The van der Waals surface area contributed by atoms with Gasteiger partial charge in [-0.25, -0.2) is 9.67 Å². The summed E-state index contributed by atoms with van der Waals surface area (Å²) in [6.07, 6.45) is 4.37. The molecule has 0 aliphatic heterocycles. The fourth-order valence-corrected chi connectivity index (χ4v) is 2.38. The summed E-state index contributed by atoms with van der Waals surface area (Å²) >= 11 is 3.37. The van der Waals surface area contributed by atoms with Crippen LogP contribution in [0.1, 0.15) is 20.8 Å². The summed E-state index contributed by atoms with van der Waals surface area (Å²) in [5, 5.41) is 6.74. The highest BCUT2D eigenvalue weighted by Crippen LogP contribution is 2.21. The lowest BCUT2D eigenvalue weighted by Crippen LogP contribution is -2.15. The van der Waals surface area contributed by atoms with Gasteiger partial charge in [0.15, 0.2) is 0 Å². The van der Waals surface area contributed by atoms with E-state index in [0.717, 1.165) is 4.47 Å². The van der Waals surface area contributed by atoms with Gasteiger partial charge in [0.1, 0.15) is 18.3 Å². The van der Waals surface area contributed by atoms with Gasteiger partial charge < -0.3 is 16.0 Å². The van der Waals surface area contributed by atoms with E-state index in [4.69, 9.17) is 5.73 Å². The normalized spacial score (nSPS) is 10.5. The van der Waals surface area contributed by atoms with E-state index < -0.39 is 5.91 Å². The van der Waals surface area contributed by atoms with Crippen LogP contribution in [0.2, 0.25) is 0 Å². The summed E-state index contributed by atoms with van der Waals surface area (Å²) in [5.74, 6) is -0.949. The monoisotopic (exact) mass is 374 g/mol. The predicted molar refractivity (Wildman–Crippen MR) is 86.3 cm³/mol. The Morgan fingerprint density at radius 2 is 2.13 bits per heavy atom. The fourth-order valence-electron chi connectivity index (χ4n) is 2.03. The van der Waals surface area contributed by atoms with E-state index in [2.05, 4.69) is 36.3 Å². The van der Waals surface area contributed by atoms with Crippen LogP contribution in [-0.4, -0.2) is 31.6 Å². The molecule has 2 heterocycles. The number of primary amides is 1. The molecule has 0 radical (unpaired) electrons. The number of rotatable bonds is 4. The van der Waals surface area contributed by atoms with Crippen LogP contribution >= 0.6 is 15.9 Å². The van der Waals surface area contributed by atoms with Gasteiger partial charge in [-0.2, -0.15) is 5.10 Å². The van der Waals surface area contributed by atoms with Crippen molar-refractivity contribution in [2.45, 2.75) is 0 Å². The van der Waals surface area contributed by atoms with Gasteiger partial charge >= 0.3 is 0 Å². The molecule has 0 atom stereocenters. The molecule has 0 unspecified atom stereocenters. The predicted octanol–water partition coefficient (Wildman–Crippen LogP) is 1.71. The van der Waals surface area contributed by atoms with Gasteiger partial charge in [-0.3, -0.25) is 9.59 Å². The Balaban J connectivity index is 1.91. The van der Waals surface area contributed by atoms with Crippen LogP contribution in [-0.2, 0) is 0 Å². The number of aromatic amines is 1. The SMILES string of the molecule is NC(=O)c1cc(NC(=O)c2ccc(Br)cc2-n2cncn2)c[nH]1. The molecule has 0 aliphatic carbocycles. The molecule has 8 nitrogen and oxygen atoms in total. The molecule has 0 bridgehead atoms. The molecule has 0 saturated heterocycles. The van der Waals surface area contributed by atoms with E-state index in [-0.39, 0.29) is 11.6 Å². The topological polar surface area (TPSA) is 119 Å². The third-order valence-corrected chi connectivity index (χ3v) is 3.57. The number of nitrogens with one attached hydrogen (secondary N) is 2. The Kier molecular flexibility index (Phi) is 3.94. The van der Waals surface area contributed by atoms with Crippen LogP contribution in [0.25, 0.3) is 5.69 Å². The van der Waals surface area contributed by atoms with E-state index in [1.54, 1.807) is 18.2 Å². The molecule has 0 fully saturated rings. The van der Waals surface area contributed by atoms with Crippen LogP contribution < -0.4 is 11.1 Å². The van der Waals surface area contributed by atoms with Crippen molar-refractivity contribution in [3.63, 3.8) is 0 Å². The van der Waals surface area contributed by atoms with Gasteiger partial charge in [-0.05, 0) is 24.3 Å². The summed E-state index contributed by atoms with van der Waals surface area (Å²) in [5.41, 5.74) is 6.80. The van der Waals surface area contributed by atoms with Crippen molar-refractivity contribution in [1.82, 2.24) is 19.7 Å². The second-order valence-electron chi connectivity index (χ2n) is 4.62. The molecule has 116 valence electrons. The smallest absolute Gasteiger partial charge is 0.265 e. The first-order chi connectivity index (χ1) is 11.0. The number of halogens is 1. The van der Waals surface area contributed by atoms with Gasteiger partial charge in [-0.15, -0.1) is 0 Å². The molecule has 0 aliphatic rings. The minimum absolute atomic E-state index is 0.215. The van der Waals surface area contributed by atoms with E-state index >= 15 is 0 Å². The maximum atomic E-state index is 12.5. The zero-order valence-electron chi connectivity index (χ0n) is 11.7. The van der Waals surface area contributed by atoms with Crippen molar-refractivity contribution >= 4 is 33.4 Å². The molecule has 9 heteroatoms. The molecule has 0 saturated carbocycles. The zero-order chi connectivity index (χ0) is 16.4. The number of nitrogens with zero attached hydrogens (tertiary/aromatic N) is 3. The van der Waals surface area contributed by atoms with E-state index in [0.29, 0.717) is 16.9 Å². The van der Waals surface area contributed by atoms with Crippen molar-refractivity contribution in [1.29, 1.82) is 0 Å². The van der Waals surface area contributed by atoms with Gasteiger partial charge in [0.25, 0.3) is 11.8 Å². The average Bonchev–Trinajstić information content (AvgIpc) is 3.18. The second-order valence-corrected chi connectivity index (χ2v) is 5.54. The fraction of sp³-hybridized carbons (Fsp3) is 0. The summed E-state index contributed by atoms with van der Waals surface area (Å²) in [7, 11) is 0. The van der Waals surface area contributed by atoms with Crippen LogP contribution in [0.4, 0.5) is 5.69 Å². The van der Waals surface area contributed by atoms with Crippen molar-refractivity contribution in [3.8, 4) is 5.69 Å². The molecule has 2 aromatic heterocycles. The number of aromatic nitrogens is 4. The van der Waals surface area contributed by atoms with Crippen LogP contribution in [0, 0.1) is 0 Å². The van der Waals surface area contributed by atoms with Crippen molar-refractivity contribution in [2.75, 3.05) is 5.32 Å². The number of hydrogen-bond donors (Lipinski definition) is 3. The number of hydrogen-bond acceptors (Lipinski definition) is 4. The van der Waals surface area contributed by atoms with Gasteiger partial charge in [0.05, 0.1) is 16.9 Å². The highest BCUT2D eigenvalue weighted by atomic mass is 79.9. The molecule has 1 aromatic carbocycles. The Hall–Kier alpha value is -2.94. The van der Waals surface area contributed by atoms with Crippen LogP contribution in [0.3, 0.4) is 0 Å². The van der Waals surface area contributed by atoms with Crippen molar-refractivity contribution in [3.05, 3.63) is 58.8 Å². The van der Waals surface area contributed by atoms with Crippen molar-refractivity contribution < 1.29 is 9.59 Å². The number of nitrogens with two attached hydrogens (primary N) is 1. The maximum absolute atomic E-state index is 12.5. The molecule has 23 heavy (non-hydrogen) atoms. The quantitative estimate of drug-likeness (QED) is 0.643. The average molecular weight is 375 g/mol. The van der Waals surface area contributed by atoms with Crippen LogP contribution in [0.5, 0.6) is 0 Å². The Morgan fingerprint density at radius 1 is 1.30 bits per heavy atom. The molecular formula is C14H11BrN6O2. The molecule has 3 aromatic rings. The van der Waals surface area contributed by atoms with Crippen molar-refractivity contribution in [2.24, 2.45) is 5.73 Å². The first-order valence-electron chi connectivity index (χ1n) is 6.49. The lowest BCUT2D eigenvalue weighted by atomic mass is 10.1. The van der Waals surface area contributed by atoms with Crippen LogP contribution in [0.15, 0.2) is 47.6 Å². The van der Waals surface area contributed by atoms with Gasteiger partial charge in [0.2, 0.25) is 0 Å². The van der Waals surface area contributed by atoms with E-state index in [1.165, 1.54) is 29.6 Å². The lowest BCUT2D eigenvalue weighted by molar-refractivity contribution is 0.0993. The van der Waals surface area contributed by atoms with E-state index in [1.807, 2.05) is 0 Å². The number of carbonyl (C=O) groups is 2. The molecular weight excluding hydrogens is 364 g/mol. The third kappa shape index (κ3) is 3.14. The Morgan fingerprint density at radius 3 is 2.78 bits per heavy atom. The molecule has 4 N–H and O–H groups in total. The molecule has 3 rings (SSSR count). The summed E-state index contributed by atoms with van der Waals surface area (Å²) in [4.78, 5) is 30.1. The highest BCUT2D eigenvalue weighted by molar-refractivity contribution is 9.10. The molecule has 2 amide bonds. The number of benzene rings is 1. The first-order valence-corrected chi connectivity index (χ1v) is 7.28. The number of carbonyl (C=O) groups excluding carboxylic acids is 2. The Labute approximate surface area is 138 Å². The van der Waals surface area contributed by atoms with Gasteiger partial charge in [0, 0.05) is 10.7 Å². The maximum Gasteiger partial charge on any atom is 0.265 e. The Bertz CT molecular complexity index is 871. The summed E-state index contributed by atoms with van der Waals surface area (Å²) in [6, 6.07) is 6.64. The summed E-state index contributed by atoms with van der Waals surface area (Å²) in [6.45, 7) is 0. The first kappa shape index (κ1) is 15.0. The largest absolute Gasteiger partial charge is 0.364 e. The number of anilines is 1. The number of H-pyrrole nitrogens is 1. The third-order valence-electron chi connectivity index (χ3n) is 3.08. The minimum atomic E-state index is -0.600. The summed E-state index contributed by atoms with van der Waals surface area (Å²) < 4.78 is 2.29.